The van der Waals surface area contributed by atoms with Gasteiger partial charge < -0.3 is 15.2 Å². The molecule has 1 aliphatic heterocycles. The van der Waals surface area contributed by atoms with Crippen molar-refractivity contribution in [2.45, 2.75) is 38.5 Å². The molecule has 0 saturated heterocycles. The molecule has 1 fully saturated rings. The van der Waals surface area contributed by atoms with E-state index in [1.807, 2.05) is 19.9 Å². The number of fused-ring (bicyclic) bond motifs is 1. The zero-order valence-corrected chi connectivity index (χ0v) is 15.6. The number of hydrogen-bond acceptors (Lipinski definition) is 6. The topological polar surface area (TPSA) is 104 Å². The number of nitrogens with zero attached hydrogens (tertiary/aromatic N) is 3. The van der Waals surface area contributed by atoms with Crippen LogP contribution in [0.3, 0.4) is 0 Å². The third-order valence-corrected chi connectivity index (χ3v) is 5.49. The molecule has 136 valence electrons. The van der Waals surface area contributed by atoms with Crippen molar-refractivity contribution >= 4 is 17.4 Å². The first-order valence-electron chi connectivity index (χ1n) is 8.72. The second-order valence-electron chi connectivity index (χ2n) is 6.57. The maximum Gasteiger partial charge on any atom is 0.293 e. The van der Waals surface area contributed by atoms with Crippen LogP contribution in [0.25, 0.3) is 0 Å². The van der Waals surface area contributed by atoms with Crippen molar-refractivity contribution in [2.75, 3.05) is 13.2 Å². The van der Waals surface area contributed by atoms with E-state index < -0.39 is 22.7 Å². The van der Waals surface area contributed by atoms with E-state index in [1.165, 1.54) is 0 Å². The van der Waals surface area contributed by atoms with Gasteiger partial charge in [0, 0.05) is 10.9 Å². The van der Waals surface area contributed by atoms with Crippen LogP contribution in [0.1, 0.15) is 38.2 Å². The lowest BCUT2D eigenvalue weighted by molar-refractivity contribution is -0.259. The smallest absolute Gasteiger partial charge is 0.293 e. The van der Waals surface area contributed by atoms with Gasteiger partial charge in [-0.2, -0.15) is 10.5 Å². The van der Waals surface area contributed by atoms with Crippen LogP contribution in [-0.2, 0) is 9.47 Å². The lowest BCUT2D eigenvalue weighted by Crippen LogP contribution is -2.44. The van der Waals surface area contributed by atoms with E-state index in [2.05, 4.69) is 17.1 Å². The number of ether oxygens (including phenoxy) is 2. The minimum Gasteiger partial charge on any atom is -0.386 e. The number of rotatable bonds is 7. The van der Waals surface area contributed by atoms with E-state index in [1.54, 1.807) is 18.2 Å². The molecule has 0 spiro atoms. The van der Waals surface area contributed by atoms with Gasteiger partial charge in [0.15, 0.2) is 5.41 Å². The Hall–Kier alpha value is -2.12. The second-order valence-corrected chi connectivity index (χ2v) is 6.98. The van der Waals surface area contributed by atoms with E-state index in [9.17, 15) is 10.5 Å². The molecule has 1 heterocycles. The molecule has 0 amide bonds. The SMILES string of the molecule is CCCOC1(OCCC)N=C(N)C2(C#N)C(c3ccccc3Cl)C12C#N. The van der Waals surface area contributed by atoms with Crippen LogP contribution < -0.4 is 5.73 Å². The van der Waals surface area contributed by atoms with Gasteiger partial charge in [-0.15, -0.1) is 0 Å². The van der Waals surface area contributed by atoms with E-state index in [4.69, 9.17) is 26.8 Å². The number of hydrogen-bond donors (Lipinski definition) is 1. The third-order valence-electron chi connectivity index (χ3n) is 5.15. The average Bonchev–Trinajstić information content (AvgIpc) is 3.22. The standard InChI is InChI=1S/C19H21ClN4O2/c1-3-9-25-19(26-10-4-2)18(12-22)15(13-7-5-6-8-14(13)20)17(18,11-21)16(23)24-19/h5-8,15H,3-4,9-10H2,1-2H3,(H2,23,24). The number of aliphatic imine (C=N–C) groups is 1. The predicted molar refractivity (Wildman–Crippen MR) is 97.1 cm³/mol. The Kier molecular flexibility index (Phi) is 4.71. The summed E-state index contributed by atoms with van der Waals surface area (Å²) < 4.78 is 11.9. The molecule has 0 aromatic heterocycles. The summed E-state index contributed by atoms with van der Waals surface area (Å²) in [6, 6.07) is 11.7. The highest BCUT2D eigenvalue weighted by Gasteiger charge is 2.94. The van der Waals surface area contributed by atoms with Crippen LogP contribution in [0.2, 0.25) is 5.02 Å². The highest BCUT2D eigenvalue weighted by Crippen LogP contribution is 2.82. The number of nitrogens with two attached hydrogens (primary N) is 1. The molecule has 2 aliphatic rings. The quantitative estimate of drug-likeness (QED) is 0.739. The predicted octanol–water partition coefficient (Wildman–Crippen LogP) is 3.33. The highest BCUT2D eigenvalue weighted by molar-refractivity contribution is 6.31. The zero-order chi connectivity index (χ0) is 19.0. The molecular formula is C19H21ClN4O2. The fourth-order valence-electron chi connectivity index (χ4n) is 4.01. The Morgan fingerprint density at radius 2 is 1.77 bits per heavy atom. The first-order valence-corrected chi connectivity index (χ1v) is 9.09. The third kappa shape index (κ3) is 2.07. The number of halogens is 1. The molecule has 3 unspecified atom stereocenters. The summed E-state index contributed by atoms with van der Waals surface area (Å²) in [6.45, 7) is 4.57. The summed E-state index contributed by atoms with van der Waals surface area (Å²) in [5.41, 5.74) is 4.20. The largest absolute Gasteiger partial charge is 0.386 e. The van der Waals surface area contributed by atoms with Gasteiger partial charge in [0.1, 0.15) is 11.3 Å². The summed E-state index contributed by atoms with van der Waals surface area (Å²) in [5, 5.41) is 20.7. The van der Waals surface area contributed by atoms with Crippen molar-refractivity contribution in [1.82, 2.24) is 0 Å². The number of amidine groups is 1. The molecule has 1 aromatic carbocycles. The van der Waals surface area contributed by atoms with Crippen LogP contribution in [0.15, 0.2) is 29.3 Å². The Balaban J connectivity index is 2.19. The molecule has 7 heteroatoms. The molecular weight excluding hydrogens is 352 g/mol. The summed E-state index contributed by atoms with van der Waals surface area (Å²) in [5.74, 6) is -2.10. The van der Waals surface area contributed by atoms with Crippen molar-refractivity contribution in [3.05, 3.63) is 34.9 Å². The van der Waals surface area contributed by atoms with Crippen molar-refractivity contribution < 1.29 is 9.47 Å². The van der Waals surface area contributed by atoms with Gasteiger partial charge in [0.25, 0.3) is 5.91 Å². The lowest BCUT2D eigenvalue weighted by Gasteiger charge is -2.32. The van der Waals surface area contributed by atoms with Crippen LogP contribution in [0.4, 0.5) is 0 Å². The maximum absolute atomic E-state index is 10.2. The van der Waals surface area contributed by atoms with Gasteiger partial charge in [-0.05, 0) is 24.5 Å². The minimum absolute atomic E-state index is 0.0682. The van der Waals surface area contributed by atoms with Crippen molar-refractivity contribution in [1.29, 1.82) is 10.5 Å². The number of benzene rings is 1. The first kappa shape index (κ1) is 18.7. The van der Waals surface area contributed by atoms with Crippen LogP contribution in [0, 0.1) is 33.5 Å². The first-order chi connectivity index (χ1) is 12.5. The summed E-state index contributed by atoms with van der Waals surface area (Å²) in [6.07, 6.45) is 1.43. The van der Waals surface area contributed by atoms with Gasteiger partial charge in [0.2, 0.25) is 0 Å². The molecule has 3 atom stereocenters. The summed E-state index contributed by atoms with van der Waals surface area (Å²) in [4.78, 5) is 4.38. The minimum atomic E-state index is -1.60. The highest BCUT2D eigenvalue weighted by atomic mass is 35.5. The van der Waals surface area contributed by atoms with Crippen molar-refractivity contribution in [3.8, 4) is 12.1 Å². The number of nitriles is 2. The molecule has 0 radical (unpaired) electrons. The molecule has 1 aromatic rings. The molecule has 6 nitrogen and oxygen atoms in total. The van der Waals surface area contributed by atoms with E-state index in [-0.39, 0.29) is 5.84 Å². The van der Waals surface area contributed by atoms with Crippen molar-refractivity contribution in [2.24, 2.45) is 21.6 Å². The van der Waals surface area contributed by atoms with E-state index in [0.717, 1.165) is 0 Å². The van der Waals surface area contributed by atoms with Gasteiger partial charge in [-0.25, -0.2) is 4.99 Å². The Morgan fingerprint density at radius 1 is 1.15 bits per heavy atom. The average molecular weight is 373 g/mol. The fourth-order valence-corrected chi connectivity index (χ4v) is 4.26. The van der Waals surface area contributed by atoms with Crippen LogP contribution in [-0.4, -0.2) is 25.0 Å². The Bertz CT molecular complexity index is 820. The normalized spacial score (nSPS) is 30.8. The Morgan fingerprint density at radius 3 is 2.27 bits per heavy atom. The maximum atomic E-state index is 10.2. The molecule has 2 N–H and O–H groups in total. The van der Waals surface area contributed by atoms with Gasteiger partial charge in [0.05, 0.1) is 25.4 Å². The Labute approximate surface area is 158 Å². The van der Waals surface area contributed by atoms with Crippen LogP contribution in [0.5, 0.6) is 0 Å². The fraction of sp³-hybridized carbons (Fsp3) is 0.526. The summed E-state index contributed by atoms with van der Waals surface area (Å²) >= 11 is 6.38. The van der Waals surface area contributed by atoms with Crippen molar-refractivity contribution in [3.63, 3.8) is 0 Å². The van der Waals surface area contributed by atoms with Crippen LogP contribution >= 0.6 is 11.6 Å². The lowest BCUT2D eigenvalue weighted by atomic mass is 9.93. The molecule has 3 rings (SSSR count). The van der Waals surface area contributed by atoms with E-state index in [0.29, 0.717) is 36.6 Å². The van der Waals surface area contributed by atoms with Gasteiger partial charge in [-0.3, -0.25) is 0 Å². The van der Waals surface area contributed by atoms with E-state index >= 15 is 0 Å². The molecule has 26 heavy (non-hydrogen) atoms. The van der Waals surface area contributed by atoms with Gasteiger partial charge in [-0.1, -0.05) is 43.6 Å². The summed E-state index contributed by atoms with van der Waals surface area (Å²) in [7, 11) is 0. The zero-order valence-electron chi connectivity index (χ0n) is 14.8. The second kappa shape index (κ2) is 6.55. The van der Waals surface area contributed by atoms with Gasteiger partial charge >= 0.3 is 0 Å². The molecule has 1 saturated carbocycles. The molecule has 0 bridgehead atoms. The molecule has 1 aliphatic carbocycles. The monoisotopic (exact) mass is 372 g/mol.